The summed E-state index contributed by atoms with van der Waals surface area (Å²) in [6, 6.07) is 15.5. The summed E-state index contributed by atoms with van der Waals surface area (Å²) in [6.07, 6.45) is 2.21. The lowest BCUT2D eigenvalue weighted by molar-refractivity contribution is -0.671. The lowest BCUT2D eigenvalue weighted by Crippen LogP contribution is -2.31. The Morgan fingerprint density at radius 2 is 1.74 bits per heavy atom. The number of pyridine rings is 1. The van der Waals surface area contributed by atoms with E-state index in [-0.39, 0.29) is 0 Å². The van der Waals surface area contributed by atoms with Crippen LogP contribution in [-0.4, -0.2) is 0 Å². The van der Waals surface area contributed by atoms with E-state index in [0.717, 1.165) is 6.54 Å². The summed E-state index contributed by atoms with van der Waals surface area (Å²) in [6.45, 7) is 5.39. The van der Waals surface area contributed by atoms with Crippen LogP contribution in [0.2, 0.25) is 0 Å². The lowest BCUT2D eigenvalue weighted by Gasteiger charge is -2.03. The first kappa shape index (κ1) is 10.7. The van der Waals surface area contributed by atoms with Gasteiger partial charge in [-0.25, -0.2) is 0 Å². The lowest BCUT2D eigenvalue weighted by atomic mass is 9.98. The Morgan fingerprint density at radius 1 is 0.947 bits per heavy atom. The Kier molecular flexibility index (Phi) is 2.08. The number of aromatic nitrogens is 1. The molecule has 3 aromatic rings. The van der Waals surface area contributed by atoms with Crippen LogP contribution in [0.5, 0.6) is 0 Å². The van der Waals surface area contributed by atoms with E-state index in [1.165, 1.54) is 38.7 Å². The van der Waals surface area contributed by atoms with Crippen LogP contribution in [0, 0.1) is 13.8 Å². The Balaban J connectivity index is 2.12. The van der Waals surface area contributed by atoms with Gasteiger partial charge in [0.1, 0.15) is 0 Å². The van der Waals surface area contributed by atoms with Crippen molar-refractivity contribution < 1.29 is 4.57 Å². The van der Waals surface area contributed by atoms with Gasteiger partial charge < -0.3 is 0 Å². The Bertz CT molecular complexity index is 815. The second-order valence-corrected chi connectivity index (χ2v) is 5.47. The SMILES string of the molecule is Cc1cc2c(cc1C)-c1c3ccccc3cc[n+]1C2. The Hall–Kier alpha value is -2.15. The summed E-state index contributed by atoms with van der Waals surface area (Å²) in [7, 11) is 0. The smallest absolute Gasteiger partial charge is 0.193 e. The second-order valence-electron chi connectivity index (χ2n) is 5.47. The quantitative estimate of drug-likeness (QED) is 0.416. The summed E-state index contributed by atoms with van der Waals surface area (Å²) in [5.41, 5.74) is 6.98. The van der Waals surface area contributed by atoms with Gasteiger partial charge in [0, 0.05) is 11.6 Å². The topological polar surface area (TPSA) is 3.88 Å². The van der Waals surface area contributed by atoms with Crippen LogP contribution in [0.15, 0.2) is 48.7 Å². The molecule has 0 N–H and O–H groups in total. The molecule has 0 saturated carbocycles. The highest BCUT2D eigenvalue weighted by molar-refractivity contribution is 5.94. The average molecular weight is 246 g/mol. The van der Waals surface area contributed by atoms with E-state index in [2.05, 4.69) is 67.1 Å². The number of rotatable bonds is 0. The predicted octanol–water partition coefficient (Wildman–Crippen LogP) is 3.77. The molecule has 0 aliphatic carbocycles. The van der Waals surface area contributed by atoms with E-state index < -0.39 is 0 Å². The number of nitrogens with zero attached hydrogens (tertiary/aromatic N) is 1. The predicted molar refractivity (Wildman–Crippen MR) is 78.2 cm³/mol. The van der Waals surface area contributed by atoms with Gasteiger partial charge >= 0.3 is 0 Å². The third-order valence-corrected chi connectivity index (χ3v) is 4.25. The van der Waals surface area contributed by atoms with E-state index in [1.807, 2.05) is 0 Å². The monoisotopic (exact) mass is 246 g/mol. The number of aryl methyl sites for hydroxylation is 2. The zero-order valence-electron chi connectivity index (χ0n) is 11.3. The molecule has 0 spiro atoms. The molecule has 2 aromatic carbocycles. The van der Waals surface area contributed by atoms with Crippen molar-refractivity contribution in [1.29, 1.82) is 0 Å². The van der Waals surface area contributed by atoms with Gasteiger partial charge in [0.2, 0.25) is 5.69 Å². The third kappa shape index (κ3) is 1.45. The van der Waals surface area contributed by atoms with Gasteiger partial charge in [0.15, 0.2) is 12.7 Å². The van der Waals surface area contributed by atoms with Gasteiger partial charge in [-0.05, 0) is 48.6 Å². The van der Waals surface area contributed by atoms with Crippen molar-refractivity contribution in [2.75, 3.05) is 0 Å². The largest absolute Gasteiger partial charge is 0.221 e. The van der Waals surface area contributed by atoms with Crippen LogP contribution in [0.3, 0.4) is 0 Å². The minimum atomic E-state index is 0.997. The standard InChI is InChI=1S/C18H16N/c1-12-9-15-11-19-8-7-14-5-3-4-6-16(14)18(19)17(15)10-13(12)2/h3-10H,11H2,1-2H3/q+1. The molecule has 19 heavy (non-hydrogen) atoms. The maximum Gasteiger partial charge on any atom is 0.221 e. The second kappa shape index (κ2) is 3.67. The van der Waals surface area contributed by atoms with Gasteiger partial charge in [0.05, 0.1) is 10.9 Å². The summed E-state index contributed by atoms with van der Waals surface area (Å²) in [5, 5.41) is 2.67. The van der Waals surface area contributed by atoms with Crippen molar-refractivity contribution in [2.45, 2.75) is 20.4 Å². The van der Waals surface area contributed by atoms with Crippen LogP contribution in [0.4, 0.5) is 0 Å². The van der Waals surface area contributed by atoms with Gasteiger partial charge in [0.25, 0.3) is 0 Å². The van der Waals surface area contributed by atoms with Crippen molar-refractivity contribution in [2.24, 2.45) is 0 Å². The van der Waals surface area contributed by atoms with Crippen molar-refractivity contribution in [3.63, 3.8) is 0 Å². The van der Waals surface area contributed by atoms with Gasteiger partial charge in [-0.15, -0.1) is 0 Å². The maximum atomic E-state index is 2.37. The number of hydrogen-bond donors (Lipinski definition) is 0. The summed E-state index contributed by atoms with van der Waals surface area (Å²) < 4.78 is 2.37. The Morgan fingerprint density at radius 3 is 2.63 bits per heavy atom. The van der Waals surface area contributed by atoms with Crippen LogP contribution in [-0.2, 0) is 6.54 Å². The molecule has 0 amide bonds. The molecule has 4 rings (SSSR count). The van der Waals surface area contributed by atoms with Gasteiger partial charge in [-0.2, -0.15) is 4.57 Å². The number of benzene rings is 2. The molecule has 0 radical (unpaired) electrons. The molecule has 2 heterocycles. The van der Waals surface area contributed by atoms with E-state index in [4.69, 9.17) is 0 Å². The molecule has 0 bridgehead atoms. The van der Waals surface area contributed by atoms with E-state index >= 15 is 0 Å². The number of hydrogen-bond acceptors (Lipinski definition) is 0. The van der Waals surface area contributed by atoms with Gasteiger partial charge in [-0.3, -0.25) is 0 Å². The minimum Gasteiger partial charge on any atom is -0.193 e. The van der Waals surface area contributed by atoms with Crippen LogP contribution in [0.25, 0.3) is 22.0 Å². The molecule has 0 saturated heterocycles. The van der Waals surface area contributed by atoms with Gasteiger partial charge in [-0.1, -0.05) is 18.2 Å². The molecule has 92 valence electrons. The van der Waals surface area contributed by atoms with Crippen molar-refractivity contribution >= 4 is 10.8 Å². The van der Waals surface area contributed by atoms with E-state index in [1.54, 1.807) is 0 Å². The van der Waals surface area contributed by atoms with Crippen molar-refractivity contribution in [3.8, 4) is 11.3 Å². The fourth-order valence-electron chi connectivity index (χ4n) is 3.10. The molecule has 0 unspecified atom stereocenters. The maximum absolute atomic E-state index is 2.37. The Labute approximate surface area is 113 Å². The zero-order chi connectivity index (χ0) is 13.0. The number of fused-ring (bicyclic) bond motifs is 5. The summed E-state index contributed by atoms with van der Waals surface area (Å²) in [4.78, 5) is 0. The highest BCUT2D eigenvalue weighted by Gasteiger charge is 2.28. The van der Waals surface area contributed by atoms with Crippen LogP contribution in [0.1, 0.15) is 16.7 Å². The molecule has 1 nitrogen and oxygen atoms in total. The minimum absolute atomic E-state index is 0.997. The van der Waals surface area contributed by atoms with Crippen LogP contribution >= 0.6 is 0 Å². The fraction of sp³-hybridized carbons (Fsp3) is 0.167. The molecular weight excluding hydrogens is 230 g/mol. The molecular formula is C18H16N+. The third-order valence-electron chi connectivity index (χ3n) is 4.25. The normalized spacial score (nSPS) is 12.5. The average Bonchev–Trinajstić information content (AvgIpc) is 2.77. The molecule has 0 fully saturated rings. The fourth-order valence-corrected chi connectivity index (χ4v) is 3.10. The zero-order valence-corrected chi connectivity index (χ0v) is 11.3. The first-order valence-electron chi connectivity index (χ1n) is 6.76. The van der Waals surface area contributed by atoms with E-state index in [0.29, 0.717) is 0 Å². The summed E-state index contributed by atoms with van der Waals surface area (Å²) >= 11 is 0. The molecule has 1 aliphatic heterocycles. The van der Waals surface area contributed by atoms with E-state index in [9.17, 15) is 0 Å². The molecule has 1 aliphatic rings. The molecule has 0 atom stereocenters. The van der Waals surface area contributed by atoms with Crippen molar-refractivity contribution in [1.82, 2.24) is 0 Å². The molecule has 1 aromatic heterocycles. The van der Waals surface area contributed by atoms with Crippen molar-refractivity contribution in [3.05, 3.63) is 65.4 Å². The molecule has 1 heteroatoms. The highest BCUT2D eigenvalue weighted by atomic mass is 15.0. The highest BCUT2D eigenvalue weighted by Crippen LogP contribution is 2.33. The summed E-state index contributed by atoms with van der Waals surface area (Å²) in [5.74, 6) is 0. The van der Waals surface area contributed by atoms with Crippen LogP contribution < -0.4 is 4.57 Å². The first-order valence-corrected chi connectivity index (χ1v) is 6.76. The first-order chi connectivity index (χ1) is 9.24.